The summed E-state index contributed by atoms with van der Waals surface area (Å²) in [4.78, 5) is 10.4. The molecule has 0 atom stereocenters. The number of carbonyl (C=O) groups excluding carboxylic acids is 1. The molecule has 3 heteroatoms. The summed E-state index contributed by atoms with van der Waals surface area (Å²) in [5, 5.41) is 18.3. The molecule has 0 aliphatic carbocycles. The minimum absolute atomic E-state index is 0.0826. The SMILES string of the molecule is CC(C)(C#N)c1ccc(C=O)c(O)c1. The van der Waals surface area contributed by atoms with Gasteiger partial charge in [-0.2, -0.15) is 5.26 Å². The summed E-state index contributed by atoms with van der Waals surface area (Å²) in [6.45, 7) is 3.50. The summed E-state index contributed by atoms with van der Waals surface area (Å²) in [6, 6.07) is 6.76. The highest BCUT2D eigenvalue weighted by Crippen LogP contribution is 2.26. The van der Waals surface area contributed by atoms with Gasteiger partial charge in [-0.3, -0.25) is 4.79 Å². The van der Waals surface area contributed by atoms with Gasteiger partial charge in [0.15, 0.2) is 6.29 Å². The largest absolute Gasteiger partial charge is 0.507 e. The zero-order chi connectivity index (χ0) is 10.8. The van der Waals surface area contributed by atoms with Crippen LogP contribution in [0.4, 0.5) is 0 Å². The van der Waals surface area contributed by atoms with E-state index in [1.54, 1.807) is 19.9 Å². The third-order valence-corrected chi connectivity index (χ3v) is 2.16. The van der Waals surface area contributed by atoms with Crippen LogP contribution in [-0.4, -0.2) is 11.4 Å². The van der Waals surface area contributed by atoms with Gasteiger partial charge in [-0.25, -0.2) is 0 Å². The van der Waals surface area contributed by atoms with Gasteiger partial charge < -0.3 is 5.11 Å². The number of nitrogens with zero attached hydrogens (tertiary/aromatic N) is 1. The molecule has 0 aliphatic heterocycles. The highest BCUT2D eigenvalue weighted by Gasteiger charge is 2.20. The predicted molar refractivity (Wildman–Crippen MR) is 52.1 cm³/mol. The standard InChI is InChI=1S/C11H11NO2/c1-11(2,7-12)9-4-3-8(6-13)10(14)5-9/h3-6,14H,1-2H3. The van der Waals surface area contributed by atoms with Crippen LogP contribution in [0.15, 0.2) is 18.2 Å². The summed E-state index contributed by atoms with van der Waals surface area (Å²) in [5.74, 6) is -0.0826. The van der Waals surface area contributed by atoms with Gasteiger partial charge in [-0.15, -0.1) is 0 Å². The monoisotopic (exact) mass is 189 g/mol. The van der Waals surface area contributed by atoms with Crippen LogP contribution in [0.25, 0.3) is 0 Å². The van der Waals surface area contributed by atoms with E-state index >= 15 is 0 Å². The molecule has 1 N–H and O–H groups in total. The number of rotatable bonds is 2. The van der Waals surface area contributed by atoms with Crippen LogP contribution in [0, 0.1) is 11.3 Å². The lowest BCUT2D eigenvalue weighted by molar-refractivity contribution is 0.112. The number of nitriles is 1. The van der Waals surface area contributed by atoms with E-state index in [-0.39, 0.29) is 11.3 Å². The van der Waals surface area contributed by atoms with Crippen LogP contribution in [0.2, 0.25) is 0 Å². The van der Waals surface area contributed by atoms with Gasteiger partial charge in [0.05, 0.1) is 17.0 Å². The Morgan fingerprint density at radius 3 is 2.57 bits per heavy atom. The zero-order valence-electron chi connectivity index (χ0n) is 8.11. The summed E-state index contributed by atoms with van der Waals surface area (Å²) in [7, 11) is 0. The smallest absolute Gasteiger partial charge is 0.153 e. The van der Waals surface area contributed by atoms with Crippen LogP contribution in [0.1, 0.15) is 29.8 Å². The first-order valence-electron chi connectivity index (χ1n) is 4.21. The first kappa shape index (κ1) is 10.3. The molecule has 1 rings (SSSR count). The molecule has 1 aromatic rings. The Morgan fingerprint density at radius 1 is 1.50 bits per heavy atom. The molecule has 0 saturated heterocycles. The normalized spacial score (nSPS) is 10.6. The Balaban J connectivity index is 3.23. The van der Waals surface area contributed by atoms with Crippen molar-refractivity contribution in [2.45, 2.75) is 19.3 Å². The Bertz CT molecular complexity index is 402. The molecule has 72 valence electrons. The number of phenolic OH excluding ortho intramolecular Hbond substituents is 1. The first-order chi connectivity index (χ1) is 6.51. The summed E-state index contributed by atoms with van der Waals surface area (Å²) in [6.07, 6.45) is 0.582. The number of hydrogen-bond acceptors (Lipinski definition) is 3. The second-order valence-electron chi connectivity index (χ2n) is 3.63. The van der Waals surface area contributed by atoms with Crippen molar-refractivity contribution < 1.29 is 9.90 Å². The van der Waals surface area contributed by atoms with Gasteiger partial charge in [-0.05, 0) is 31.5 Å². The van der Waals surface area contributed by atoms with Crippen LogP contribution in [-0.2, 0) is 5.41 Å². The number of phenols is 1. The molecular weight excluding hydrogens is 178 g/mol. The molecule has 0 fully saturated rings. The van der Waals surface area contributed by atoms with Crippen LogP contribution in [0.5, 0.6) is 5.75 Å². The molecule has 3 nitrogen and oxygen atoms in total. The van der Waals surface area contributed by atoms with Crippen molar-refractivity contribution in [2.24, 2.45) is 0 Å². The molecule has 0 amide bonds. The molecule has 14 heavy (non-hydrogen) atoms. The van der Waals surface area contributed by atoms with Gasteiger partial charge in [0, 0.05) is 0 Å². The van der Waals surface area contributed by atoms with Crippen molar-refractivity contribution in [3.63, 3.8) is 0 Å². The number of carbonyl (C=O) groups is 1. The number of aldehydes is 1. The van der Waals surface area contributed by atoms with Gasteiger partial charge >= 0.3 is 0 Å². The lowest BCUT2D eigenvalue weighted by Crippen LogP contribution is -2.13. The van der Waals surface area contributed by atoms with E-state index in [4.69, 9.17) is 5.26 Å². The highest BCUT2D eigenvalue weighted by atomic mass is 16.3. The van der Waals surface area contributed by atoms with Crippen molar-refractivity contribution in [1.82, 2.24) is 0 Å². The summed E-state index contributed by atoms with van der Waals surface area (Å²) in [5.41, 5.74) is 0.282. The van der Waals surface area contributed by atoms with Crippen LogP contribution < -0.4 is 0 Å². The van der Waals surface area contributed by atoms with Gasteiger partial charge in [0.25, 0.3) is 0 Å². The third-order valence-electron chi connectivity index (χ3n) is 2.16. The Labute approximate surface area is 82.6 Å². The molecule has 0 saturated carbocycles. The van der Waals surface area contributed by atoms with E-state index in [0.717, 1.165) is 0 Å². The van der Waals surface area contributed by atoms with E-state index in [1.807, 2.05) is 0 Å². The van der Waals surface area contributed by atoms with Crippen LogP contribution in [0.3, 0.4) is 0 Å². The van der Waals surface area contributed by atoms with Crippen molar-refractivity contribution in [3.8, 4) is 11.8 Å². The topological polar surface area (TPSA) is 61.1 Å². The lowest BCUT2D eigenvalue weighted by Gasteiger charge is -2.15. The number of benzene rings is 1. The molecule has 0 spiro atoms. The van der Waals surface area contributed by atoms with E-state index in [2.05, 4.69) is 6.07 Å². The fourth-order valence-electron chi connectivity index (χ4n) is 1.10. The van der Waals surface area contributed by atoms with Crippen molar-refractivity contribution >= 4 is 6.29 Å². The maximum absolute atomic E-state index is 10.4. The van der Waals surface area contributed by atoms with Crippen LogP contribution >= 0.6 is 0 Å². The fourth-order valence-corrected chi connectivity index (χ4v) is 1.10. The van der Waals surface area contributed by atoms with Gasteiger partial charge in [0.1, 0.15) is 5.75 Å². The molecular formula is C11H11NO2. The predicted octanol–water partition coefficient (Wildman–Crippen LogP) is 2.01. The Kier molecular flexibility index (Phi) is 2.57. The maximum Gasteiger partial charge on any atom is 0.153 e. The van der Waals surface area contributed by atoms with Crippen molar-refractivity contribution in [1.29, 1.82) is 5.26 Å². The quantitative estimate of drug-likeness (QED) is 0.724. The van der Waals surface area contributed by atoms with Gasteiger partial charge in [0.2, 0.25) is 0 Å². The zero-order valence-corrected chi connectivity index (χ0v) is 8.11. The summed E-state index contributed by atoms with van der Waals surface area (Å²) >= 11 is 0. The second kappa shape index (κ2) is 3.51. The Hall–Kier alpha value is -1.82. The fraction of sp³-hybridized carbons (Fsp3) is 0.273. The highest BCUT2D eigenvalue weighted by molar-refractivity contribution is 5.79. The average Bonchev–Trinajstić information content (AvgIpc) is 2.17. The van der Waals surface area contributed by atoms with Gasteiger partial charge in [-0.1, -0.05) is 6.07 Å². The minimum Gasteiger partial charge on any atom is -0.507 e. The molecule has 0 unspecified atom stereocenters. The number of hydrogen-bond donors (Lipinski definition) is 1. The maximum atomic E-state index is 10.4. The molecule has 0 bridgehead atoms. The molecule has 0 radical (unpaired) electrons. The van der Waals surface area contributed by atoms with E-state index in [0.29, 0.717) is 11.8 Å². The average molecular weight is 189 g/mol. The Morgan fingerprint density at radius 2 is 2.14 bits per heavy atom. The van der Waals surface area contributed by atoms with E-state index in [1.165, 1.54) is 12.1 Å². The third kappa shape index (κ3) is 1.74. The molecule has 0 aliphatic rings. The van der Waals surface area contributed by atoms with E-state index in [9.17, 15) is 9.90 Å². The first-order valence-corrected chi connectivity index (χ1v) is 4.21. The second-order valence-corrected chi connectivity index (χ2v) is 3.63. The lowest BCUT2D eigenvalue weighted by atomic mass is 9.86. The number of aromatic hydroxyl groups is 1. The molecule has 1 aromatic carbocycles. The molecule has 0 aromatic heterocycles. The van der Waals surface area contributed by atoms with Crippen molar-refractivity contribution in [3.05, 3.63) is 29.3 Å². The minimum atomic E-state index is -0.654. The van der Waals surface area contributed by atoms with E-state index < -0.39 is 5.41 Å². The summed E-state index contributed by atoms with van der Waals surface area (Å²) < 4.78 is 0. The molecule has 0 heterocycles. The van der Waals surface area contributed by atoms with Crippen molar-refractivity contribution in [2.75, 3.05) is 0 Å².